The van der Waals surface area contributed by atoms with Gasteiger partial charge in [0.05, 0.1) is 17.7 Å². The zero-order valence-corrected chi connectivity index (χ0v) is 17.3. The molecule has 1 aromatic heterocycles. The number of carbonyl (C=O) groups excluding carboxylic acids is 1. The molecule has 4 rings (SSSR count). The first kappa shape index (κ1) is 19.1. The predicted molar refractivity (Wildman–Crippen MR) is 119 cm³/mol. The highest BCUT2D eigenvalue weighted by Gasteiger charge is 2.20. The number of nitrogens with one attached hydrogen (secondary N) is 1. The Morgan fingerprint density at radius 2 is 1.97 bits per heavy atom. The van der Waals surface area contributed by atoms with Crippen LogP contribution in [0.1, 0.15) is 27.7 Å². The summed E-state index contributed by atoms with van der Waals surface area (Å²) in [5, 5.41) is 10.7. The fourth-order valence-corrected chi connectivity index (χ4v) is 4.20. The first-order valence-corrected chi connectivity index (χ1v) is 9.97. The summed E-state index contributed by atoms with van der Waals surface area (Å²) in [5.74, 6) is 0.144. The number of amides is 1. The van der Waals surface area contributed by atoms with Gasteiger partial charge < -0.3 is 9.84 Å². The Labute approximate surface area is 176 Å². The maximum Gasteiger partial charge on any atom is 0.270 e. The Balaban J connectivity index is 1.64. The number of ether oxygens (including phenoxy) is 1. The molecule has 8 heteroatoms. The van der Waals surface area contributed by atoms with E-state index in [-0.39, 0.29) is 11.8 Å². The van der Waals surface area contributed by atoms with Crippen molar-refractivity contribution in [1.29, 1.82) is 0 Å². The van der Waals surface area contributed by atoms with Crippen molar-refractivity contribution in [1.82, 2.24) is 4.68 Å². The quantitative estimate of drug-likeness (QED) is 0.578. The highest BCUT2D eigenvalue weighted by atomic mass is 32.1. The fraction of sp³-hybridized carbons (Fsp3) is 0.0952. The van der Waals surface area contributed by atoms with E-state index in [9.17, 15) is 9.90 Å². The number of aromatic nitrogens is 1. The van der Waals surface area contributed by atoms with Gasteiger partial charge in [0.1, 0.15) is 5.75 Å². The third-order valence-corrected chi connectivity index (χ3v) is 5.84. The van der Waals surface area contributed by atoms with Crippen LogP contribution in [0.2, 0.25) is 0 Å². The van der Waals surface area contributed by atoms with Crippen LogP contribution in [0.3, 0.4) is 0 Å². The minimum atomic E-state index is -0.389. The summed E-state index contributed by atoms with van der Waals surface area (Å²) < 4.78 is 6.64. The Morgan fingerprint density at radius 1 is 1.24 bits per heavy atom. The third kappa shape index (κ3) is 3.59. The van der Waals surface area contributed by atoms with Crippen molar-refractivity contribution in [3.63, 3.8) is 0 Å². The molecule has 2 aromatic carbocycles. The average Bonchev–Trinajstić information content (AvgIpc) is 3.19. The number of carbonyl (C=O) groups is 1. The van der Waals surface area contributed by atoms with Gasteiger partial charge >= 0.3 is 0 Å². The Bertz CT molecular complexity index is 1220. The minimum Gasteiger partial charge on any atom is -0.497 e. The summed E-state index contributed by atoms with van der Waals surface area (Å²) in [6, 6.07) is 14.5. The lowest BCUT2D eigenvalue weighted by molar-refractivity contribution is 0.101. The first-order valence-electron chi connectivity index (χ1n) is 8.75. The number of para-hydroxylation sites is 1. The molecule has 0 bridgehead atoms. The number of allylic oxidation sites excluding steroid dienone is 1. The number of methoxy groups -OCH3 is 1. The SMILES string of the molecule is COc1ccc(C(=O)Nn2c(O)c(C=C3C(C)=Nc4ccccc43)sc2=S)cc1. The number of aliphatic imine (C=N–C) groups is 1. The van der Waals surface area contributed by atoms with E-state index in [1.54, 1.807) is 31.4 Å². The van der Waals surface area contributed by atoms with Gasteiger partial charge in [-0.15, -0.1) is 0 Å². The van der Waals surface area contributed by atoms with Crippen LogP contribution >= 0.6 is 23.6 Å². The van der Waals surface area contributed by atoms with Crippen molar-refractivity contribution in [3.05, 3.63) is 68.5 Å². The number of rotatable bonds is 4. The summed E-state index contributed by atoms with van der Waals surface area (Å²) in [7, 11) is 1.56. The van der Waals surface area contributed by atoms with E-state index in [1.807, 2.05) is 37.3 Å². The molecule has 0 aliphatic carbocycles. The molecule has 0 atom stereocenters. The van der Waals surface area contributed by atoms with Crippen LogP contribution in [-0.2, 0) is 0 Å². The maximum atomic E-state index is 12.5. The summed E-state index contributed by atoms with van der Waals surface area (Å²) in [6.45, 7) is 1.92. The van der Waals surface area contributed by atoms with Crippen LogP contribution in [0, 0.1) is 3.95 Å². The molecule has 0 unspecified atom stereocenters. The van der Waals surface area contributed by atoms with Gasteiger partial charge in [-0.3, -0.25) is 15.2 Å². The third-order valence-electron chi connectivity index (χ3n) is 4.53. The van der Waals surface area contributed by atoms with Crippen LogP contribution in [0.15, 0.2) is 53.5 Å². The molecular weight excluding hydrogens is 406 g/mol. The maximum absolute atomic E-state index is 12.5. The molecule has 0 saturated heterocycles. The lowest BCUT2D eigenvalue weighted by atomic mass is 10.0. The predicted octanol–water partition coefficient (Wildman–Crippen LogP) is 5.02. The van der Waals surface area contributed by atoms with E-state index < -0.39 is 0 Å². The highest BCUT2D eigenvalue weighted by molar-refractivity contribution is 7.73. The molecule has 146 valence electrons. The van der Waals surface area contributed by atoms with E-state index in [4.69, 9.17) is 17.0 Å². The Kier molecular flexibility index (Phi) is 5.04. The number of fused-ring (bicyclic) bond motifs is 1. The number of thiazole rings is 1. The second-order valence-electron chi connectivity index (χ2n) is 6.33. The lowest BCUT2D eigenvalue weighted by Gasteiger charge is -2.08. The van der Waals surface area contributed by atoms with Gasteiger partial charge in [0.2, 0.25) is 5.88 Å². The summed E-state index contributed by atoms with van der Waals surface area (Å²) in [5.41, 5.74) is 6.73. The molecule has 2 N–H and O–H groups in total. The molecule has 0 radical (unpaired) electrons. The lowest BCUT2D eigenvalue weighted by Crippen LogP contribution is -2.22. The number of hydrogen-bond donors (Lipinski definition) is 2. The molecule has 6 nitrogen and oxygen atoms in total. The second kappa shape index (κ2) is 7.65. The monoisotopic (exact) mass is 423 g/mol. The van der Waals surface area contributed by atoms with E-state index in [2.05, 4.69) is 10.4 Å². The normalized spacial score (nSPS) is 13.9. The van der Waals surface area contributed by atoms with E-state index in [0.29, 0.717) is 20.1 Å². The molecular formula is C21H17N3O3S2. The van der Waals surface area contributed by atoms with Crippen LogP contribution < -0.4 is 10.2 Å². The molecule has 1 aliphatic heterocycles. The van der Waals surface area contributed by atoms with Crippen molar-refractivity contribution < 1.29 is 14.6 Å². The van der Waals surface area contributed by atoms with Crippen LogP contribution in [0.5, 0.6) is 11.6 Å². The average molecular weight is 424 g/mol. The topological polar surface area (TPSA) is 75.8 Å². The van der Waals surface area contributed by atoms with Crippen molar-refractivity contribution >= 4 is 52.5 Å². The molecule has 2 heterocycles. The number of nitrogens with zero attached hydrogens (tertiary/aromatic N) is 2. The Morgan fingerprint density at radius 3 is 2.69 bits per heavy atom. The zero-order chi connectivity index (χ0) is 20.5. The second-order valence-corrected chi connectivity index (χ2v) is 8.01. The summed E-state index contributed by atoms with van der Waals surface area (Å²) >= 11 is 6.55. The summed E-state index contributed by atoms with van der Waals surface area (Å²) in [4.78, 5) is 17.6. The zero-order valence-electron chi connectivity index (χ0n) is 15.7. The van der Waals surface area contributed by atoms with Crippen molar-refractivity contribution in [2.45, 2.75) is 6.92 Å². The minimum absolute atomic E-state index is 0.119. The van der Waals surface area contributed by atoms with Gasteiger partial charge in [0.15, 0.2) is 3.95 Å². The van der Waals surface area contributed by atoms with E-state index >= 15 is 0 Å². The standard InChI is InChI=1S/C21H17N3O3S2/c1-12-16(15-5-3-4-6-17(15)22-12)11-18-20(26)24(21(28)29-18)23-19(25)13-7-9-14(27-2)10-8-13/h3-11,26H,1-2H3,(H,23,25). The number of hydrogen-bond acceptors (Lipinski definition) is 6. The van der Waals surface area contributed by atoms with Crippen molar-refractivity contribution in [3.8, 4) is 11.6 Å². The first-order chi connectivity index (χ1) is 14.0. The number of aromatic hydroxyl groups is 1. The fourth-order valence-electron chi connectivity index (χ4n) is 3.03. The van der Waals surface area contributed by atoms with Crippen LogP contribution in [-0.4, -0.2) is 28.5 Å². The molecule has 1 amide bonds. The molecule has 0 fully saturated rings. The Hall–Kier alpha value is -3.23. The van der Waals surface area contributed by atoms with Crippen molar-refractivity contribution in [2.75, 3.05) is 12.5 Å². The molecule has 0 saturated carbocycles. The molecule has 0 spiro atoms. The van der Waals surface area contributed by atoms with Crippen molar-refractivity contribution in [2.24, 2.45) is 4.99 Å². The van der Waals surface area contributed by atoms with Gasteiger partial charge in [0, 0.05) is 22.4 Å². The molecule has 3 aromatic rings. The van der Waals surface area contributed by atoms with E-state index in [1.165, 1.54) is 16.0 Å². The van der Waals surface area contributed by atoms with Gasteiger partial charge in [-0.25, -0.2) is 0 Å². The van der Waals surface area contributed by atoms with Gasteiger partial charge in [-0.05, 0) is 55.5 Å². The smallest absolute Gasteiger partial charge is 0.270 e. The number of benzene rings is 2. The molecule has 29 heavy (non-hydrogen) atoms. The van der Waals surface area contributed by atoms with Gasteiger partial charge in [-0.2, -0.15) is 4.68 Å². The van der Waals surface area contributed by atoms with Gasteiger partial charge in [-0.1, -0.05) is 29.5 Å². The van der Waals surface area contributed by atoms with Gasteiger partial charge in [0.25, 0.3) is 5.91 Å². The molecule has 1 aliphatic rings. The highest BCUT2D eigenvalue weighted by Crippen LogP contribution is 2.38. The van der Waals surface area contributed by atoms with E-state index in [0.717, 1.165) is 22.5 Å². The van der Waals surface area contributed by atoms with Crippen LogP contribution in [0.25, 0.3) is 11.6 Å². The van der Waals surface area contributed by atoms with Crippen LogP contribution in [0.4, 0.5) is 5.69 Å². The summed E-state index contributed by atoms with van der Waals surface area (Å²) in [6.07, 6.45) is 1.84. The largest absolute Gasteiger partial charge is 0.497 e.